The molecule has 1 aromatic heterocycles. The number of hydrogen-bond acceptors (Lipinski definition) is 7. The Morgan fingerprint density at radius 1 is 1.31 bits per heavy atom. The van der Waals surface area contributed by atoms with E-state index in [-0.39, 0.29) is 24.0 Å². The number of fused-ring (bicyclic) bond motifs is 3. The third-order valence-corrected chi connectivity index (χ3v) is 9.12. The van der Waals surface area contributed by atoms with Gasteiger partial charge in [-0.25, -0.2) is 0 Å². The number of aliphatic hydroxyl groups excluding tert-OH is 2. The lowest BCUT2D eigenvalue weighted by molar-refractivity contribution is -0.129. The van der Waals surface area contributed by atoms with Crippen molar-refractivity contribution in [2.45, 2.75) is 75.4 Å². The summed E-state index contributed by atoms with van der Waals surface area (Å²) >= 11 is 0. The fourth-order valence-electron chi connectivity index (χ4n) is 7.07. The van der Waals surface area contributed by atoms with Crippen LogP contribution in [-0.2, 0) is 9.53 Å². The number of rotatable bonds is 3. The van der Waals surface area contributed by atoms with Crippen LogP contribution in [0.25, 0.3) is 0 Å². The molecule has 8 heteroatoms. The molecule has 2 aliphatic carbocycles. The zero-order valence-electron chi connectivity index (χ0n) is 21.2. The van der Waals surface area contributed by atoms with Crippen molar-refractivity contribution in [3.05, 3.63) is 47.8 Å². The Labute approximate surface area is 212 Å². The fourth-order valence-corrected chi connectivity index (χ4v) is 7.07. The number of aliphatic hydroxyl groups is 2. The highest BCUT2D eigenvalue weighted by Crippen LogP contribution is 2.57. The molecule has 0 radical (unpaired) electrons. The van der Waals surface area contributed by atoms with Gasteiger partial charge in [0.2, 0.25) is 0 Å². The van der Waals surface area contributed by atoms with Crippen LogP contribution in [0.4, 0.5) is 5.69 Å². The van der Waals surface area contributed by atoms with Gasteiger partial charge in [0.05, 0.1) is 41.7 Å². The Kier molecular flexibility index (Phi) is 6.54. The maximum Gasteiger partial charge on any atom is 0.251 e. The van der Waals surface area contributed by atoms with Crippen molar-refractivity contribution in [3.8, 4) is 6.07 Å². The number of nitriles is 1. The predicted molar refractivity (Wildman–Crippen MR) is 135 cm³/mol. The van der Waals surface area contributed by atoms with Gasteiger partial charge >= 0.3 is 0 Å². The molecule has 1 saturated heterocycles. The molecule has 3 N–H and O–H groups in total. The molecule has 4 aliphatic rings. The Balaban J connectivity index is 1.49. The number of hydrogen-bond donors (Lipinski definition) is 3. The number of allylic oxidation sites excluding steroid dienone is 2. The largest absolute Gasteiger partial charge is 0.388 e. The second-order valence-corrected chi connectivity index (χ2v) is 11.3. The van der Waals surface area contributed by atoms with Crippen LogP contribution in [-0.4, -0.2) is 70.1 Å². The topological polar surface area (TPSA) is 119 Å². The summed E-state index contributed by atoms with van der Waals surface area (Å²) in [5.74, 6) is -0.491. The number of nitrogens with one attached hydrogen (secondary N) is 1. The van der Waals surface area contributed by atoms with Crippen LogP contribution in [0.5, 0.6) is 0 Å². The second kappa shape index (κ2) is 9.38. The number of amides is 1. The van der Waals surface area contributed by atoms with E-state index < -0.39 is 29.1 Å². The molecule has 3 heterocycles. The minimum absolute atomic E-state index is 0.0813. The maximum atomic E-state index is 13.4. The highest BCUT2D eigenvalue weighted by atomic mass is 16.5. The van der Waals surface area contributed by atoms with Gasteiger partial charge in [0.1, 0.15) is 6.10 Å². The monoisotopic (exact) mass is 492 g/mol. The fraction of sp³-hybridized carbons (Fsp3) is 0.607. The Bertz CT molecular complexity index is 1110. The van der Waals surface area contributed by atoms with Crippen molar-refractivity contribution in [2.24, 2.45) is 17.3 Å². The van der Waals surface area contributed by atoms with E-state index in [1.807, 2.05) is 37.2 Å². The molecule has 1 aromatic rings. The van der Waals surface area contributed by atoms with E-state index in [2.05, 4.69) is 23.3 Å². The van der Waals surface area contributed by atoms with Gasteiger partial charge in [-0.15, -0.1) is 0 Å². The number of aromatic nitrogens is 1. The van der Waals surface area contributed by atoms with Crippen molar-refractivity contribution in [1.29, 1.82) is 5.26 Å². The number of carbonyl (C=O) groups excluding carboxylic acids is 1. The molecule has 8 atom stereocenters. The number of nitrogens with zero attached hydrogens (tertiary/aromatic N) is 3. The molecule has 5 rings (SSSR count). The SMILES string of the molecule is CN(C)C1CC23CCC(O2)C2CC=C(C(=O)Nc4cccnc4)C2(C)CCC(C#N)C=C3C(O)C1O. The van der Waals surface area contributed by atoms with Crippen molar-refractivity contribution >= 4 is 11.6 Å². The normalized spacial score (nSPS) is 39.9. The molecule has 2 fully saturated rings. The maximum absolute atomic E-state index is 13.4. The molecule has 192 valence electrons. The van der Waals surface area contributed by atoms with E-state index in [1.165, 1.54) is 0 Å². The van der Waals surface area contributed by atoms with Crippen LogP contribution < -0.4 is 5.32 Å². The van der Waals surface area contributed by atoms with Gasteiger partial charge in [-0.3, -0.25) is 9.78 Å². The van der Waals surface area contributed by atoms with Gasteiger partial charge in [0, 0.05) is 23.2 Å². The van der Waals surface area contributed by atoms with Crippen molar-refractivity contribution in [2.75, 3.05) is 19.4 Å². The number of pyridine rings is 1. The summed E-state index contributed by atoms with van der Waals surface area (Å²) in [7, 11) is 3.81. The standard InChI is InChI=1S/C28H36N4O4/c1-27-10-8-17(15-29)13-21-24(33)25(34)22(32(2)3)14-28(21)11-9-23(36-28)19(27)6-7-20(27)26(35)31-18-5-4-12-30-16-18/h4-5,7,12-13,16-17,19,22-25,33-34H,6,8-11,14H2,1-3H3,(H,31,35). The van der Waals surface area contributed by atoms with Crippen LogP contribution in [0.15, 0.2) is 47.8 Å². The lowest BCUT2D eigenvalue weighted by Crippen LogP contribution is -2.59. The zero-order chi connectivity index (χ0) is 25.7. The lowest BCUT2D eigenvalue weighted by Gasteiger charge is -2.49. The first-order chi connectivity index (χ1) is 17.2. The molecule has 1 amide bonds. The molecular formula is C28H36N4O4. The van der Waals surface area contributed by atoms with Crippen molar-refractivity contribution in [1.82, 2.24) is 9.88 Å². The molecular weight excluding hydrogens is 456 g/mol. The third-order valence-electron chi connectivity index (χ3n) is 9.12. The van der Waals surface area contributed by atoms with Gasteiger partial charge in [0.25, 0.3) is 5.91 Å². The lowest BCUT2D eigenvalue weighted by atomic mass is 9.68. The number of ether oxygens (including phenoxy) is 1. The number of likely N-dealkylation sites (N-methyl/N-ethyl adjacent to an activating group) is 1. The summed E-state index contributed by atoms with van der Waals surface area (Å²) in [6.45, 7) is 2.14. The first-order valence-corrected chi connectivity index (χ1v) is 12.9. The van der Waals surface area contributed by atoms with Crippen molar-refractivity contribution in [3.63, 3.8) is 0 Å². The number of carbonyl (C=O) groups is 1. The molecule has 2 aliphatic heterocycles. The van der Waals surface area contributed by atoms with E-state index in [0.717, 1.165) is 24.8 Å². The summed E-state index contributed by atoms with van der Waals surface area (Å²) < 4.78 is 6.90. The van der Waals surface area contributed by atoms with Gasteiger partial charge in [-0.05, 0) is 76.2 Å². The van der Waals surface area contributed by atoms with Gasteiger partial charge in [-0.1, -0.05) is 19.1 Å². The Hall–Kier alpha value is -2.57. The molecule has 8 nitrogen and oxygen atoms in total. The summed E-state index contributed by atoms with van der Waals surface area (Å²) in [5, 5.41) is 35.1. The zero-order valence-corrected chi connectivity index (χ0v) is 21.2. The van der Waals surface area contributed by atoms with Gasteiger partial charge in [-0.2, -0.15) is 5.26 Å². The summed E-state index contributed by atoms with van der Waals surface area (Å²) in [6.07, 6.45) is 9.12. The molecule has 0 aromatic carbocycles. The highest BCUT2D eigenvalue weighted by molar-refractivity contribution is 6.05. The average Bonchev–Trinajstić information content (AvgIpc) is 3.42. The minimum atomic E-state index is -1.07. The van der Waals surface area contributed by atoms with E-state index in [4.69, 9.17) is 4.74 Å². The van der Waals surface area contributed by atoms with E-state index in [9.17, 15) is 20.3 Å². The molecule has 1 saturated carbocycles. The van der Waals surface area contributed by atoms with Crippen LogP contribution in [0.2, 0.25) is 0 Å². The third kappa shape index (κ3) is 4.08. The van der Waals surface area contributed by atoms with Crippen molar-refractivity contribution < 1.29 is 19.7 Å². The second-order valence-electron chi connectivity index (χ2n) is 11.3. The highest BCUT2D eigenvalue weighted by Gasteiger charge is 2.58. The smallest absolute Gasteiger partial charge is 0.251 e. The Morgan fingerprint density at radius 3 is 2.81 bits per heavy atom. The predicted octanol–water partition coefficient (Wildman–Crippen LogP) is 2.81. The van der Waals surface area contributed by atoms with Crippen LogP contribution in [0.3, 0.4) is 0 Å². The molecule has 8 unspecified atom stereocenters. The van der Waals surface area contributed by atoms with E-state index >= 15 is 0 Å². The minimum Gasteiger partial charge on any atom is -0.388 e. The van der Waals surface area contributed by atoms with Crippen LogP contribution in [0.1, 0.15) is 45.4 Å². The van der Waals surface area contributed by atoms with Gasteiger partial charge in [0.15, 0.2) is 0 Å². The first kappa shape index (κ1) is 25.1. The molecule has 36 heavy (non-hydrogen) atoms. The van der Waals surface area contributed by atoms with Crippen LogP contribution >= 0.6 is 0 Å². The quantitative estimate of drug-likeness (QED) is 0.555. The van der Waals surface area contributed by atoms with Crippen LogP contribution in [0, 0.1) is 28.6 Å². The molecule has 2 bridgehead atoms. The van der Waals surface area contributed by atoms with Gasteiger partial charge < -0.3 is 25.2 Å². The summed E-state index contributed by atoms with van der Waals surface area (Å²) in [5.41, 5.74) is 0.889. The summed E-state index contributed by atoms with van der Waals surface area (Å²) in [4.78, 5) is 19.5. The van der Waals surface area contributed by atoms with E-state index in [0.29, 0.717) is 30.5 Å². The Morgan fingerprint density at radius 2 is 2.11 bits per heavy atom. The van der Waals surface area contributed by atoms with E-state index in [1.54, 1.807) is 18.5 Å². The number of anilines is 1. The summed E-state index contributed by atoms with van der Waals surface area (Å²) in [6, 6.07) is 5.75. The first-order valence-electron chi connectivity index (χ1n) is 12.9. The molecule has 1 spiro atoms. The average molecular weight is 493 g/mol.